The van der Waals surface area contributed by atoms with Gasteiger partial charge in [-0.2, -0.15) is 0 Å². The molecule has 0 saturated carbocycles. The summed E-state index contributed by atoms with van der Waals surface area (Å²) in [7, 11) is 0. The van der Waals surface area contributed by atoms with Crippen LogP contribution in [0.15, 0.2) is 24.3 Å². The molecular formula is C26H8N8O8. The van der Waals surface area contributed by atoms with Gasteiger partial charge < -0.3 is 0 Å². The lowest BCUT2D eigenvalue weighted by atomic mass is 9.90. The minimum atomic E-state index is -0.868. The lowest BCUT2D eigenvalue weighted by Gasteiger charge is -2.13. The van der Waals surface area contributed by atoms with Gasteiger partial charge in [0.1, 0.15) is 0 Å². The molecule has 200 valence electrons. The molecule has 16 nitrogen and oxygen atoms in total. The first kappa shape index (κ1) is 26.6. The van der Waals surface area contributed by atoms with Crippen molar-refractivity contribution in [3.05, 3.63) is 120 Å². The first-order chi connectivity index (χ1) is 20.0. The average Bonchev–Trinajstić information content (AvgIpc) is 3.52. The zero-order valence-corrected chi connectivity index (χ0v) is 20.6. The summed E-state index contributed by atoms with van der Waals surface area (Å²) in [5.41, 5.74) is -4.05. The number of nitro groups is 4. The highest BCUT2D eigenvalue weighted by atomic mass is 16.6. The number of nitrogens with zero attached hydrogens (tertiary/aromatic N) is 8. The summed E-state index contributed by atoms with van der Waals surface area (Å²) in [6, 6.07) is 6.97. The van der Waals surface area contributed by atoms with E-state index in [0.29, 0.717) is 0 Å². The largest absolute Gasteiger partial charge is 0.280 e. The van der Waals surface area contributed by atoms with Gasteiger partial charge in [-0.1, -0.05) is 0 Å². The Morgan fingerprint density at radius 3 is 1.26 bits per heavy atom. The van der Waals surface area contributed by atoms with E-state index < -0.39 is 53.8 Å². The van der Waals surface area contributed by atoms with Crippen LogP contribution in [-0.2, 0) is 12.8 Å². The van der Waals surface area contributed by atoms with E-state index in [9.17, 15) is 51.0 Å². The van der Waals surface area contributed by atoms with Crippen LogP contribution in [0.2, 0.25) is 0 Å². The van der Waals surface area contributed by atoms with Gasteiger partial charge in [-0.15, -0.1) is 0 Å². The molecule has 0 atom stereocenters. The smallest absolute Gasteiger partial charge is 0.258 e. The molecule has 5 rings (SSSR count). The Morgan fingerprint density at radius 2 is 1.00 bits per heavy atom. The molecule has 16 heteroatoms. The van der Waals surface area contributed by atoms with Gasteiger partial charge >= 0.3 is 0 Å². The molecule has 3 aromatic rings. The summed E-state index contributed by atoms with van der Waals surface area (Å²) in [6.07, 6.45) is -0.725. The fraction of sp³-hybridized carbons (Fsp3) is 0.0769. The third kappa shape index (κ3) is 3.58. The van der Waals surface area contributed by atoms with Gasteiger partial charge in [0.05, 0.1) is 57.1 Å². The van der Waals surface area contributed by atoms with Crippen molar-refractivity contribution in [1.29, 1.82) is 10.5 Å². The zero-order valence-electron chi connectivity index (χ0n) is 20.6. The highest BCUT2D eigenvalue weighted by Crippen LogP contribution is 2.46. The zero-order chi connectivity index (χ0) is 30.6. The van der Waals surface area contributed by atoms with Crippen LogP contribution in [0.25, 0.3) is 43.3 Å². The van der Waals surface area contributed by atoms with Crippen molar-refractivity contribution >= 4 is 34.1 Å². The van der Waals surface area contributed by atoms with E-state index in [-0.39, 0.29) is 67.8 Å². The molecular weight excluding hydrogens is 552 g/mol. The van der Waals surface area contributed by atoms with Crippen LogP contribution in [0.4, 0.5) is 22.7 Å². The number of nitriles is 2. The number of hydrogen-bond acceptors (Lipinski definition) is 10. The van der Waals surface area contributed by atoms with Crippen LogP contribution in [0.5, 0.6) is 0 Å². The van der Waals surface area contributed by atoms with E-state index in [1.165, 1.54) is 0 Å². The Bertz CT molecular complexity index is 2020. The van der Waals surface area contributed by atoms with Crippen LogP contribution < -0.4 is 10.4 Å². The Kier molecular flexibility index (Phi) is 5.89. The number of fused-ring (bicyclic) bond motifs is 6. The summed E-state index contributed by atoms with van der Waals surface area (Å²) < 4.78 is 0. The second-order valence-corrected chi connectivity index (χ2v) is 8.97. The molecule has 0 saturated heterocycles. The second-order valence-electron chi connectivity index (χ2n) is 8.97. The van der Waals surface area contributed by atoms with E-state index in [1.807, 2.05) is 0 Å². The fourth-order valence-corrected chi connectivity index (χ4v) is 5.59. The van der Waals surface area contributed by atoms with Gasteiger partial charge in [0.2, 0.25) is 0 Å². The fourth-order valence-electron chi connectivity index (χ4n) is 5.59. The maximum absolute atomic E-state index is 12.0. The minimum Gasteiger partial charge on any atom is -0.258 e. The Balaban J connectivity index is 2.14. The quantitative estimate of drug-likeness (QED) is 0.176. The van der Waals surface area contributed by atoms with Crippen molar-refractivity contribution in [2.75, 3.05) is 0 Å². The highest BCUT2D eigenvalue weighted by molar-refractivity contribution is 5.95. The van der Waals surface area contributed by atoms with E-state index in [2.05, 4.69) is 9.69 Å². The maximum atomic E-state index is 12.0. The molecule has 0 aromatic heterocycles. The molecule has 2 aliphatic carbocycles. The average molecular weight is 560 g/mol. The summed E-state index contributed by atoms with van der Waals surface area (Å²) in [5.74, 6) is 0. The molecule has 3 aromatic carbocycles. The van der Waals surface area contributed by atoms with Crippen molar-refractivity contribution in [1.82, 2.24) is 0 Å². The van der Waals surface area contributed by atoms with Crippen LogP contribution in [0.1, 0.15) is 22.3 Å². The number of hydrogen-bond donors (Lipinski definition) is 0. The highest BCUT2D eigenvalue weighted by Gasteiger charge is 2.39. The number of benzene rings is 3. The third-order valence-corrected chi connectivity index (χ3v) is 7.10. The van der Waals surface area contributed by atoms with E-state index in [0.717, 1.165) is 24.3 Å². The van der Waals surface area contributed by atoms with Crippen molar-refractivity contribution < 1.29 is 19.7 Å². The van der Waals surface area contributed by atoms with Crippen molar-refractivity contribution in [3.63, 3.8) is 0 Å². The summed E-state index contributed by atoms with van der Waals surface area (Å²) in [5, 5.41) is 66.8. The molecule has 0 heterocycles. The van der Waals surface area contributed by atoms with Crippen molar-refractivity contribution in [3.8, 4) is 34.4 Å². The first-order valence-corrected chi connectivity index (χ1v) is 11.4. The molecule has 0 spiro atoms. The Morgan fingerprint density at radius 1 is 0.643 bits per heavy atom. The summed E-state index contributed by atoms with van der Waals surface area (Å²) in [4.78, 5) is 50.4. The van der Waals surface area contributed by atoms with Gasteiger partial charge in [-0.05, 0) is 33.4 Å². The predicted octanol–water partition coefficient (Wildman–Crippen LogP) is 3.56. The Hall–Kier alpha value is -7.04. The number of nitro benzene ring substituents is 4. The molecule has 2 aliphatic rings. The molecule has 0 unspecified atom stereocenters. The molecule has 0 aliphatic heterocycles. The van der Waals surface area contributed by atoms with Gasteiger partial charge in [0.25, 0.3) is 34.1 Å². The van der Waals surface area contributed by atoms with Crippen LogP contribution in [-0.4, -0.2) is 19.7 Å². The van der Waals surface area contributed by atoms with Crippen LogP contribution in [0, 0.1) is 76.3 Å². The molecule has 0 bridgehead atoms. The topological polar surface area (TPSA) is 229 Å². The van der Waals surface area contributed by atoms with E-state index >= 15 is 0 Å². The molecule has 0 N–H and O–H groups in total. The third-order valence-electron chi connectivity index (χ3n) is 7.10. The number of rotatable bonds is 4. The monoisotopic (exact) mass is 560 g/mol. The summed E-state index contributed by atoms with van der Waals surface area (Å²) in [6.45, 7) is 15.3. The Labute approximate surface area is 232 Å². The lowest BCUT2D eigenvalue weighted by molar-refractivity contribution is -0.394. The van der Waals surface area contributed by atoms with Crippen LogP contribution in [0.3, 0.4) is 0 Å². The van der Waals surface area contributed by atoms with Crippen molar-refractivity contribution in [2.24, 2.45) is 0 Å². The standard InChI is InChI=1S/C26H8N8O8/c1-29-19(9-27)25-17-7-13-16(4-12(32(37)38)6-21(13)33(39)40)24(17)26(20(10-28)30-2)18-8-14-15(23(18)25)3-11(31(35)36)5-22(14)34(41)42/h3-6H,7-8H2/b25-19-,26-20+. The molecule has 0 fully saturated rings. The first-order valence-electron chi connectivity index (χ1n) is 11.4. The maximum Gasteiger partial charge on any atom is 0.280 e. The van der Waals surface area contributed by atoms with Gasteiger partial charge in [0, 0.05) is 46.5 Å². The van der Waals surface area contributed by atoms with E-state index in [4.69, 9.17) is 13.1 Å². The molecule has 0 radical (unpaired) electrons. The normalized spacial score (nSPS) is 13.0. The second kappa shape index (κ2) is 9.31. The molecule has 0 amide bonds. The van der Waals surface area contributed by atoms with Gasteiger partial charge in [-0.25, -0.2) is 20.2 Å². The SMILES string of the molecule is [C-]#[N+]/C(C#N)=c1/c2c(/c(=C(\C#N)[N+]#[C-])c3c1-c1cc([N+](=O)[O-])cc([N+](=O)[O-])c1C3)-c1cc([N+](=O)[O-])cc([N+](=O)[O-])c1C2. The van der Waals surface area contributed by atoms with Gasteiger partial charge in [0.15, 0.2) is 0 Å². The number of non-ortho nitro benzene ring substituents is 2. The van der Waals surface area contributed by atoms with Crippen LogP contribution >= 0.6 is 0 Å². The lowest BCUT2D eigenvalue weighted by Crippen LogP contribution is -2.25. The van der Waals surface area contributed by atoms with Crippen molar-refractivity contribution in [2.45, 2.75) is 12.8 Å². The predicted molar refractivity (Wildman–Crippen MR) is 140 cm³/mol. The molecule has 42 heavy (non-hydrogen) atoms. The van der Waals surface area contributed by atoms with E-state index in [1.54, 1.807) is 12.1 Å². The minimum absolute atomic E-state index is 0.0355. The summed E-state index contributed by atoms with van der Waals surface area (Å²) >= 11 is 0. The van der Waals surface area contributed by atoms with Gasteiger partial charge in [-0.3, -0.25) is 40.5 Å².